The number of carbonyl (C=O) groups excluding carboxylic acids is 1. The number of ketones is 1. The number of nitrogens with zero attached hydrogens (tertiary/aromatic N) is 2. The van der Waals surface area contributed by atoms with E-state index < -0.39 is 5.66 Å². The van der Waals surface area contributed by atoms with E-state index in [0.29, 0.717) is 11.3 Å². The molecule has 2 heterocycles. The molecule has 0 N–H and O–H groups in total. The molecule has 4 nitrogen and oxygen atoms in total. The maximum absolute atomic E-state index is 13.1. The number of carbonyl (C=O) groups is 1. The second-order valence-corrected chi connectivity index (χ2v) is 8.73. The lowest BCUT2D eigenvalue weighted by molar-refractivity contribution is -0.187. The summed E-state index contributed by atoms with van der Waals surface area (Å²) < 4.78 is 0. The predicted octanol–water partition coefficient (Wildman–Crippen LogP) is 4.59. The van der Waals surface area contributed by atoms with Crippen LogP contribution in [0.4, 0.5) is 0 Å². The largest absolute Gasteiger partial charge is 0.402 e. The second kappa shape index (κ2) is 6.03. The van der Waals surface area contributed by atoms with Gasteiger partial charge in [0.05, 0.1) is 11.1 Å². The maximum atomic E-state index is 13.1. The first-order chi connectivity index (χ1) is 13.2. The zero-order valence-corrected chi connectivity index (χ0v) is 17.5. The standard InChI is InChI=1S/C24H28N2O2/c1-17(27)20-21(18-13-9-7-10-14-18)28-26-23(4,5)22(2,3)25(6)24(20,26)19-15-11-8-12-16-19/h7-16H,1-6H3. The number of fused-ring (bicyclic) bond motifs is 1. The Labute approximate surface area is 167 Å². The molecule has 2 aliphatic heterocycles. The third kappa shape index (κ3) is 2.16. The molecule has 4 heteroatoms. The average Bonchev–Trinajstić information content (AvgIpc) is 3.10. The van der Waals surface area contributed by atoms with Crippen molar-refractivity contribution in [2.45, 2.75) is 51.4 Å². The number of hydrogen-bond donors (Lipinski definition) is 0. The van der Waals surface area contributed by atoms with E-state index in [9.17, 15) is 4.79 Å². The molecule has 146 valence electrons. The van der Waals surface area contributed by atoms with Crippen LogP contribution in [0.5, 0.6) is 0 Å². The van der Waals surface area contributed by atoms with Gasteiger partial charge in [-0.15, -0.1) is 5.06 Å². The van der Waals surface area contributed by atoms with E-state index in [0.717, 1.165) is 11.1 Å². The van der Waals surface area contributed by atoms with Crippen LogP contribution in [0.1, 0.15) is 45.7 Å². The Morgan fingerprint density at radius 1 is 0.857 bits per heavy atom. The molecule has 0 bridgehead atoms. The van der Waals surface area contributed by atoms with Crippen LogP contribution in [0.3, 0.4) is 0 Å². The minimum absolute atomic E-state index is 0.0190. The van der Waals surface area contributed by atoms with E-state index >= 15 is 0 Å². The summed E-state index contributed by atoms with van der Waals surface area (Å²) in [6.45, 7) is 10.4. The number of rotatable bonds is 3. The van der Waals surface area contributed by atoms with Crippen LogP contribution in [0.15, 0.2) is 66.2 Å². The smallest absolute Gasteiger partial charge is 0.168 e. The van der Waals surface area contributed by atoms with Crippen molar-refractivity contribution in [1.82, 2.24) is 9.96 Å². The van der Waals surface area contributed by atoms with Crippen LogP contribution in [0, 0.1) is 0 Å². The van der Waals surface area contributed by atoms with Gasteiger partial charge in [0, 0.05) is 11.1 Å². The van der Waals surface area contributed by atoms with E-state index in [-0.39, 0.29) is 16.9 Å². The number of benzene rings is 2. The first kappa shape index (κ1) is 18.9. The molecule has 1 unspecified atom stereocenters. The van der Waals surface area contributed by atoms with Crippen LogP contribution >= 0.6 is 0 Å². The Bertz CT molecular complexity index is 947. The van der Waals surface area contributed by atoms with Gasteiger partial charge in [-0.05, 0) is 47.2 Å². The van der Waals surface area contributed by atoms with Gasteiger partial charge in [-0.1, -0.05) is 60.7 Å². The first-order valence-electron chi connectivity index (χ1n) is 9.75. The highest BCUT2D eigenvalue weighted by Gasteiger charge is 2.71. The van der Waals surface area contributed by atoms with Gasteiger partial charge in [0.1, 0.15) is 0 Å². The Hall–Kier alpha value is -2.43. The average molecular weight is 377 g/mol. The van der Waals surface area contributed by atoms with Gasteiger partial charge in [-0.3, -0.25) is 9.69 Å². The second-order valence-electron chi connectivity index (χ2n) is 8.73. The SMILES string of the molecule is CC(=O)C1=C(c2ccccc2)ON2C1(c1ccccc1)N(C)C(C)(C)C2(C)C. The lowest BCUT2D eigenvalue weighted by Gasteiger charge is -2.41. The van der Waals surface area contributed by atoms with E-state index in [4.69, 9.17) is 4.84 Å². The molecule has 28 heavy (non-hydrogen) atoms. The topological polar surface area (TPSA) is 32.8 Å². The van der Waals surface area contributed by atoms with Crippen molar-refractivity contribution in [3.05, 3.63) is 77.4 Å². The molecule has 1 atom stereocenters. The number of likely N-dealkylation sites (N-methyl/N-ethyl adjacent to an activating group) is 1. The van der Waals surface area contributed by atoms with Crippen LogP contribution in [-0.2, 0) is 15.3 Å². The van der Waals surface area contributed by atoms with Gasteiger partial charge in [0.15, 0.2) is 17.2 Å². The van der Waals surface area contributed by atoms with Crippen LogP contribution in [-0.4, -0.2) is 33.9 Å². The number of Topliss-reactive ketones (excluding diaryl/α,β-unsaturated/α-hetero) is 1. The molecule has 1 fully saturated rings. The molecule has 0 radical (unpaired) electrons. The summed E-state index contributed by atoms with van der Waals surface area (Å²) in [5.41, 5.74) is 1.25. The van der Waals surface area contributed by atoms with Gasteiger partial charge >= 0.3 is 0 Å². The zero-order chi connectivity index (χ0) is 20.3. The third-order valence-electron chi connectivity index (χ3n) is 6.95. The Kier molecular flexibility index (Phi) is 4.07. The van der Waals surface area contributed by atoms with Crippen molar-refractivity contribution < 1.29 is 9.63 Å². The van der Waals surface area contributed by atoms with Gasteiger partial charge in [-0.2, -0.15) is 0 Å². The molecule has 0 saturated carbocycles. The number of hydrogen-bond acceptors (Lipinski definition) is 4. The van der Waals surface area contributed by atoms with Crippen molar-refractivity contribution in [3.8, 4) is 0 Å². The summed E-state index contributed by atoms with van der Waals surface area (Å²) >= 11 is 0. The molecule has 0 aromatic heterocycles. The maximum Gasteiger partial charge on any atom is 0.168 e. The van der Waals surface area contributed by atoms with Crippen molar-refractivity contribution in [3.63, 3.8) is 0 Å². The summed E-state index contributed by atoms with van der Waals surface area (Å²) in [5.74, 6) is 0.665. The van der Waals surface area contributed by atoms with Crippen molar-refractivity contribution >= 4 is 11.5 Å². The van der Waals surface area contributed by atoms with Crippen molar-refractivity contribution in [2.24, 2.45) is 0 Å². The van der Waals surface area contributed by atoms with Crippen LogP contribution in [0.2, 0.25) is 0 Å². The Balaban J connectivity index is 2.10. The van der Waals surface area contributed by atoms with Gasteiger partial charge in [0.25, 0.3) is 0 Å². The minimum Gasteiger partial charge on any atom is -0.402 e. The summed E-state index contributed by atoms with van der Waals surface area (Å²) in [5, 5.41) is 2.04. The van der Waals surface area contributed by atoms with Gasteiger partial charge in [0.2, 0.25) is 0 Å². The van der Waals surface area contributed by atoms with E-state index in [2.05, 4.69) is 51.8 Å². The lowest BCUT2D eigenvalue weighted by atomic mass is 9.83. The van der Waals surface area contributed by atoms with E-state index in [1.807, 2.05) is 53.6 Å². The Morgan fingerprint density at radius 2 is 1.39 bits per heavy atom. The first-order valence-corrected chi connectivity index (χ1v) is 9.75. The van der Waals surface area contributed by atoms with Crippen molar-refractivity contribution in [2.75, 3.05) is 7.05 Å². The lowest BCUT2D eigenvalue weighted by Crippen LogP contribution is -2.53. The highest BCUT2D eigenvalue weighted by Crippen LogP contribution is 2.61. The fraction of sp³-hybridized carbons (Fsp3) is 0.375. The quantitative estimate of drug-likeness (QED) is 0.784. The Morgan fingerprint density at radius 3 is 1.93 bits per heavy atom. The predicted molar refractivity (Wildman–Crippen MR) is 111 cm³/mol. The fourth-order valence-electron chi connectivity index (χ4n) is 4.67. The molecule has 2 aromatic carbocycles. The highest BCUT2D eigenvalue weighted by molar-refractivity contribution is 6.03. The summed E-state index contributed by atoms with van der Waals surface area (Å²) in [6, 6.07) is 20.1. The zero-order valence-electron chi connectivity index (χ0n) is 17.5. The van der Waals surface area contributed by atoms with Crippen molar-refractivity contribution in [1.29, 1.82) is 0 Å². The molecule has 1 saturated heterocycles. The van der Waals surface area contributed by atoms with Crippen LogP contribution in [0.25, 0.3) is 5.76 Å². The highest BCUT2D eigenvalue weighted by atomic mass is 16.7. The monoisotopic (exact) mass is 376 g/mol. The summed E-state index contributed by atoms with van der Waals surface area (Å²) in [6.07, 6.45) is 0. The fourth-order valence-corrected chi connectivity index (χ4v) is 4.67. The molecular formula is C24H28N2O2. The van der Waals surface area contributed by atoms with E-state index in [1.165, 1.54) is 0 Å². The minimum atomic E-state index is -0.786. The molecule has 2 aliphatic rings. The molecule has 0 amide bonds. The van der Waals surface area contributed by atoms with Crippen LogP contribution < -0.4 is 0 Å². The molecule has 2 aromatic rings. The summed E-state index contributed by atoms with van der Waals surface area (Å²) in [7, 11) is 2.09. The molecular weight excluding hydrogens is 348 g/mol. The number of hydroxylamine groups is 2. The van der Waals surface area contributed by atoms with E-state index in [1.54, 1.807) is 6.92 Å². The molecule has 0 aliphatic carbocycles. The molecule has 0 spiro atoms. The normalized spacial score (nSPS) is 26.2. The van der Waals surface area contributed by atoms with Gasteiger partial charge < -0.3 is 4.84 Å². The summed E-state index contributed by atoms with van der Waals surface area (Å²) in [4.78, 5) is 22.0. The molecule has 4 rings (SSSR count). The van der Waals surface area contributed by atoms with Gasteiger partial charge in [-0.25, -0.2) is 0 Å². The third-order valence-corrected chi connectivity index (χ3v) is 6.95.